The number of halogens is 2. The quantitative estimate of drug-likeness (QED) is 0.782. The van der Waals surface area contributed by atoms with Gasteiger partial charge in [0.1, 0.15) is 5.92 Å². The molecular formula is C15H9Cl2NO. The number of ketones is 1. The normalized spacial score (nSPS) is 11.6. The molecule has 0 heterocycles. The molecule has 0 saturated heterocycles. The lowest BCUT2D eigenvalue weighted by molar-refractivity contribution is 0.0979. The van der Waals surface area contributed by atoms with Gasteiger partial charge >= 0.3 is 0 Å². The fraction of sp³-hybridized carbons (Fsp3) is 0.0667. The van der Waals surface area contributed by atoms with E-state index in [4.69, 9.17) is 23.2 Å². The van der Waals surface area contributed by atoms with Gasteiger partial charge in [0, 0.05) is 5.56 Å². The Hall–Kier alpha value is -1.82. The highest BCUT2D eigenvalue weighted by Gasteiger charge is 2.22. The van der Waals surface area contributed by atoms with Crippen molar-refractivity contribution in [1.82, 2.24) is 0 Å². The van der Waals surface area contributed by atoms with Crippen LogP contribution in [0.3, 0.4) is 0 Å². The van der Waals surface area contributed by atoms with Crippen LogP contribution in [0.1, 0.15) is 21.8 Å². The fourth-order valence-corrected chi connectivity index (χ4v) is 2.05. The van der Waals surface area contributed by atoms with Gasteiger partial charge in [-0.3, -0.25) is 4.79 Å². The lowest BCUT2D eigenvalue weighted by Crippen LogP contribution is -2.11. The molecule has 0 aliphatic carbocycles. The molecule has 2 aromatic rings. The number of hydrogen-bond donors (Lipinski definition) is 0. The monoisotopic (exact) mass is 289 g/mol. The number of hydrogen-bond acceptors (Lipinski definition) is 2. The summed E-state index contributed by atoms with van der Waals surface area (Å²) in [5, 5.41) is 9.96. The Morgan fingerprint density at radius 2 is 1.74 bits per heavy atom. The Morgan fingerprint density at radius 1 is 1.05 bits per heavy atom. The third-order valence-corrected chi connectivity index (χ3v) is 3.47. The van der Waals surface area contributed by atoms with Gasteiger partial charge in [-0.1, -0.05) is 59.6 Å². The SMILES string of the molecule is N#CC(C(=O)c1ccccc1)c1ccc(Cl)c(Cl)c1. The van der Waals surface area contributed by atoms with E-state index in [1.807, 2.05) is 12.1 Å². The molecule has 0 N–H and O–H groups in total. The van der Waals surface area contributed by atoms with Gasteiger partial charge in [-0.05, 0) is 17.7 Å². The predicted molar refractivity (Wildman–Crippen MR) is 75.6 cm³/mol. The fourth-order valence-electron chi connectivity index (χ4n) is 1.75. The highest BCUT2D eigenvalue weighted by atomic mass is 35.5. The van der Waals surface area contributed by atoms with E-state index < -0.39 is 5.92 Å². The summed E-state index contributed by atoms with van der Waals surface area (Å²) in [5.74, 6) is -1.13. The van der Waals surface area contributed by atoms with Crippen LogP contribution in [0, 0.1) is 11.3 Å². The van der Waals surface area contributed by atoms with Gasteiger partial charge in [0.15, 0.2) is 5.78 Å². The zero-order chi connectivity index (χ0) is 13.8. The van der Waals surface area contributed by atoms with Crippen LogP contribution >= 0.6 is 23.2 Å². The van der Waals surface area contributed by atoms with Gasteiger partial charge in [0.05, 0.1) is 16.1 Å². The van der Waals surface area contributed by atoms with Crippen molar-refractivity contribution in [3.05, 3.63) is 69.7 Å². The molecule has 0 aromatic heterocycles. The van der Waals surface area contributed by atoms with Gasteiger partial charge in [-0.15, -0.1) is 0 Å². The lowest BCUT2D eigenvalue weighted by Gasteiger charge is -2.09. The van der Waals surface area contributed by atoms with Crippen LogP contribution in [0.2, 0.25) is 10.0 Å². The van der Waals surface area contributed by atoms with Crippen LogP contribution in [0.5, 0.6) is 0 Å². The maximum absolute atomic E-state index is 12.3. The molecule has 0 amide bonds. The van der Waals surface area contributed by atoms with Crippen LogP contribution in [0.25, 0.3) is 0 Å². The van der Waals surface area contributed by atoms with E-state index in [1.54, 1.807) is 42.5 Å². The van der Waals surface area contributed by atoms with Crippen molar-refractivity contribution in [2.45, 2.75) is 5.92 Å². The zero-order valence-corrected chi connectivity index (χ0v) is 11.3. The summed E-state index contributed by atoms with van der Waals surface area (Å²) in [6.07, 6.45) is 0. The number of nitriles is 1. The molecule has 0 fully saturated rings. The van der Waals surface area contributed by atoms with Crippen molar-refractivity contribution in [2.24, 2.45) is 0 Å². The van der Waals surface area contributed by atoms with Crippen LogP contribution < -0.4 is 0 Å². The molecule has 0 bridgehead atoms. The molecule has 1 atom stereocenters. The highest BCUT2D eigenvalue weighted by molar-refractivity contribution is 6.42. The Morgan fingerprint density at radius 3 is 2.32 bits per heavy atom. The molecule has 0 spiro atoms. The largest absolute Gasteiger partial charge is 0.292 e. The summed E-state index contributed by atoms with van der Waals surface area (Å²) in [7, 11) is 0. The second kappa shape index (κ2) is 5.88. The first-order chi connectivity index (χ1) is 9.13. The maximum atomic E-state index is 12.3. The van der Waals surface area contributed by atoms with Gasteiger partial charge in [-0.25, -0.2) is 0 Å². The van der Waals surface area contributed by atoms with Crippen molar-refractivity contribution in [3.63, 3.8) is 0 Å². The molecule has 94 valence electrons. The summed E-state index contributed by atoms with van der Waals surface area (Å²) in [6, 6.07) is 15.5. The summed E-state index contributed by atoms with van der Waals surface area (Å²) >= 11 is 11.7. The molecular weight excluding hydrogens is 281 g/mol. The van der Waals surface area contributed by atoms with Crippen LogP contribution in [-0.2, 0) is 0 Å². The Balaban J connectivity index is 2.38. The number of Topliss-reactive ketones (excluding diaryl/α,β-unsaturated/α-hetero) is 1. The molecule has 0 aliphatic rings. The standard InChI is InChI=1S/C15H9Cl2NO/c16-13-7-6-11(8-14(13)17)12(9-18)15(19)10-4-2-1-3-5-10/h1-8,12H. The number of nitrogens with zero attached hydrogens (tertiary/aromatic N) is 1. The van der Waals surface area contributed by atoms with Crippen molar-refractivity contribution < 1.29 is 4.79 Å². The van der Waals surface area contributed by atoms with Crippen molar-refractivity contribution in [2.75, 3.05) is 0 Å². The predicted octanol–water partition coefficient (Wildman–Crippen LogP) is 4.48. The van der Waals surface area contributed by atoms with E-state index in [0.29, 0.717) is 21.2 Å². The molecule has 4 heteroatoms. The average molecular weight is 290 g/mol. The summed E-state index contributed by atoms with van der Waals surface area (Å²) in [5.41, 5.74) is 1.05. The first-order valence-corrected chi connectivity index (χ1v) is 6.33. The molecule has 1 unspecified atom stereocenters. The Bertz CT molecular complexity index is 647. The Kier molecular flexibility index (Phi) is 4.21. The molecule has 2 nitrogen and oxygen atoms in total. The number of carbonyl (C=O) groups is 1. The van der Waals surface area contributed by atoms with E-state index in [-0.39, 0.29) is 5.78 Å². The third kappa shape index (κ3) is 2.96. The number of benzene rings is 2. The Labute approximate surface area is 121 Å². The lowest BCUT2D eigenvalue weighted by atomic mass is 9.92. The van der Waals surface area contributed by atoms with Crippen molar-refractivity contribution >= 4 is 29.0 Å². The number of carbonyl (C=O) groups excluding carboxylic acids is 1. The van der Waals surface area contributed by atoms with E-state index >= 15 is 0 Å². The number of rotatable bonds is 3. The van der Waals surface area contributed by atoms with Gasteiger partial charge in [-0.2, -0.15) is 5.26 Å². The topological polar surface area (TPSA) is 40.9 Å². The zero-order valence-electron chi connectivity index (χ0n) is 9.81. The molecule has 2 rings (SSSR count). The molecule has 2 aromatic carbocycles. The summed E-state index contributed by atoms with van der Waals surface area (Å²) in [4.78, 5) is 12.3. The van der Waals surface area contributed by atoms with Crippen molar-refractivity contribution in [1.29, 1.82) is 5.26 Å². The second-order valence-electron chi connectivity index (χ2n) is 3.97. The molecule has 0 saturated carbocycles. The van der Waals surface area contributed by atoms with E-state index in [2.05, 4.69) is 0 Å². The minimum absolute atomic E-state index is 0.249. The smallest absolute Gasteiger partial charge is 0.184 e. The molecule has 19 heavy (non-hydrogen) atoms. The second-order valence-corrected chi connectivity index (χ2v) is 4.78. The minimum Gasteiger partial charge on any atom is -0.292 e. The summed E-state index contributed by atoms with van der Waals surface area (Å²) < 4.78 is 0. The first kappa shape index (κ1) is 13.6. The van der Waals surface area contributed by atoms with E-state index in [0.717, 1.165) is 0 Å². The maximum Gasteiger partial charge on any atom is 0.184 e. The average Bonchev–Trinajstić information content (AvgIpc) is 2.44. The van der Waals surface area contributed by atoms with Gasteiger partial charge in [0.2, 0.25) is 0 Å². The van der Waals surface area contributed by atoms with Crippen LogP contribution in [-0.4, -0.2) is 5.78 Å². The van der Waals surface area contributed by atoms with Crippen molar-refractivity contribution in [3.8, 4) is 6.07 Å². The highest BCUT2D eigenvalue weighted by Crippen LogP contribution is 2.28. The first-order valence-electron chi connectivity index (χ1n) is 5.57. The van der Waals surface area contributed by atoms with E-state index in [1.165, 1.54) is 0 Å². The van der Waals surface area contributed by atoms with E-state index in [9.17, 15) is 10.1 Å². The van der Waals surface area contributed by atoms with Crippen LogP contribution in [0.15, 0.2) is 48.5 Å². The van der Waals surface area contributed by atoms with Crippen LogP contribution in [0.4, 0.5) is 0 Å². The summed E-state index contributed by atoms with van der Waals surface area (Å²) in [6.45, 7) is 0. The van der Waals surface area contributed by atoms with Gasteiger partial charge in [0.25, 0.3) is 0 Å². The third-order valence-electron chi connectivity index (χ3n) is 2.73. The molecule has 0 aliphatic heterocycles. The van der Waals surface area contributed by atoms with Gasteiger partial charge < -0.3 is 0 Å². The minimum atomic E-state index is -0.878. The molecule has 0 radical (unpaired) electrons.